The maximum absolute atomic E-state index is 5.42. The maximum atomic E-state index is 5.42. The topological polar surface area (TPSA) is 38.0 Å². The second kappa shape index (κ2) is 11.0. The lowest BCUT2D eigenvalue weighted by molar-refractivity contribution is 0.481. The van der Waals surface area contributed by atoms with Gasteiger partial charge < -0.3 is 11.1 Å². The first-order chi connectivity index (χ1) is 6.81. The average molecular weight is 200 g/mol. The van der Waals surface area contributed by atoms with Crippen molar-refractivity contribution in [2.45, 2.75) is 52.4 Å². The van der Waals surface area contributed by atoms with Gasteiger partial charge in [-0.15, -0.1) is 0 Å². The summed E-state index contributed by atoms with van der Waals surface area (Å²) in [7, 11) is 0. The number of unbranched alkanes of at least 4 members (excludes halogenated alkanes) is 3. The zero-order chi connectivity index (χ0) is 10.6. The molecule has 0 radical (unpaired) electrons. The van der Waals surface area contributed by atoms with Crippen LogP contribution in [0.15, 0.2) is 0 Å². The highest BCUT2D eigenvalue weighted by atomic mass is 14.8. The Morgan fingerprint density at radius 2 is 1.79 bits per heavy atom. The molecule has 0 aromatic heterocycles. The van der Waals surface area contributed by atoms with Gasteiger partial charge in [0.15, 0.2) is 0 Å². The molecule has 3 N–H and O–H groups in total. The first-order valence-electron chi connectivity index (χ1n) is 6.22. The van der Waals surface area contributed by atoms with Crippen molar-refractivity contribution >= 4 is 0 Å². The molecule has 1 unspecified atom stereocenters. The Balaban J connectivity index is 2.92. The molecule has 0 fully saturated rings. The van der Waals surface area contributed by atoms with Crippen LogP contribution >= 0.6 is 0 Å². The molecule has 0 rings (SSSR count). The summed E-state index contributed by atoms with van der Waals surface area (Å²) in [6, 6.07) is 0. The maximum Gasteiger partial charge on any atom is -0.00464 e. The predicted octanol–water partition coefficient (Wildman–Crippen LogP) is 2.53. The zero-order valence-electron chi connectivity index (χ0n) is 10.0. The summed E-state index contributed by atoms with van der Waals surface area (Å²) >= 11 is 0. The van der Waals surface area contributed by atoms with E-state index in [0.717, 1.165) is 12.5 Å². The first kappa shape index (κ1) is 13.9. The van der Waals surface area contributed by atoms with Gasteiger partial charge in [0.2, 0.25) is 0 Å². The molecule has 2 heteroatoms. The molecule has 0 aliphatic carbocycles. The van der Waals surface area contributed by atoms with Crippen LogP contribution in [0.25, 0.3) is 0 Å². The first-order valence-corrected chi connectivity index (χ1v) is 6.22. The highest BCUT2D eigenvalue weighted by Crippen LogP contribution is 2.04. The minimum atomic E-state index is 0.849. The summed E-state index contributed by atoms with van der Waals surface area (Å²) in [5.74, 6) is 0.875. The molecule has 0 amide bonds. The van der Waals surface area contributed by atoms with Gasteiger partial charge in [-0.2, -0.15) is 0 Å². The third-order valence-electron chi connectivity index (χ3n) is 2.82. The van der Waals surface area contributed by atoms with Crippen LogP contribution in [0.1, 0.15) is 52.4 Å². The normalized spacial score (nSPS) is 13.1. The minimum Gasteiger partial charge on any atom is -0.330 e. The summed E-state index contributed by atoms with van der Waals surface area (Å²) in [5.41, 5.74) is 5.42. The van der Waals surface area contributed by atoms with Gasteiger partial charge in [-0.3, -0.25) is 0 Å². The number of rotatable bonds is 10. The average Bonchev–Trinajstić information content (AvgIpc) is 2.21. The van der Waals surface area contributed by atoms with Crippen LogP contribution < -0.4 is 11.1 Å². The van der Waals surface area contributed by atoms with Crippen LogP contribution in [-0.4, -0.2) is 19.6 Å². The van der Waals surface area contributed by atoms with Crippen molar-refractivity contribution in [3.05, 3.63) is 0 Å². The minimum absolute atomic E-state index is 0.849. The molecule has 14 heavy (non-hydrogen) atoms. The summed E-state index contributed by atoms with van der Waals surface area (Å²) in [6.07, 6.45) is 7.74. The van der Waals surface area contributed by atoms with Crippen molar-refractivity contribution < 1.29 is 0 Å². The Morgan fingerprint density at radius 3 is 2.43 bits per heavy atom. The Hall–Kier alpha value is -0.0800. The third kappa shape index (κ3) is 10.0. The van der Waals surface area contributed by atoms with E-state index in [-0.39, 0.29) is 0 Å². The Bertz CT molecular complexity index is 104. The molecular weight excluding hydrogens is 172 g/mol. The van der Waals surface area contributed by atoms with Gasteiger partial charge in [0.25, 0.3) is 0 Å². The Morgan fingerprint density at radius 1 is 1.07 bits per heavy atom. The highest BCUT2D eigenvalue weighted by Gasteiger charge is 1.96. The summed E-state index contributed by atoms with van der Waals surface area (Å²) in [4.78, 5) is 0. The molecule has 1 atom stereocenters. The van der Waals surface area contributed by atoms with Crippen molar-refractivity contribution in [1.29, 1.82) is 0 Å². The lowest BCUT2D eigenvalue weighted by Crippen LogP contribution is -2.18. The second-order valence-electron chi connectivity index (χ2n) is 4.25. The van der Waals surface area contributed by atoms with Gasteiger partial charge in [0, 0.05) is 0 Å². The molecule has 0 aromatic rings. The smallest absolute Gasteiger partial charge is 0.00464 e. The summed E-state index contributed by atoms with van der Waals surface area (Å²) in [6.45, 7) is 7.80. The molecule has 0 aromatic carbocycles. The fourth-order valence-corrected chi connectivity index (χ4v) is 1.43. The van der Waals surface area contributed by atoms with Crippen LogP contribution in [0.2, 0.25) is 0 Å². The van der Waals surface area contributed by atoms with E-state index in [2.05, 4.69) is 19.2 Å². The van der Waals surface area contributed by atoms with E-state index in [1.54, 1.807) is 0 Å². The predicted molar refractivity (Wildman–Crippen MR) is 64.5 cm³/mol. The number of hydrogen-bond donors (Lipinski definition) is 2. The largest absolute Gasteiger partial charge is 0.330 e. The van der Waals surface area contributed by atoms with E-state index in [4.69, 9.17) is 5.73 Å². The van der Waals surface area contributed by atoms with Crippen LogP contribution in [0.3, 0.4) is 0 Å². The van der Waals surface area contributed by atoms with E-state index in [1.165, 1.54) is 51.6 Å². The van der Waals surface area contributed by atoms with Crippen molar-refractivity contribution in [3.63, 3.8) is 0 Å². The van der Waals surface area contributed by atoms with Crippen molar-refractivity contribution in [2.75, 3.05) is 19.6 Å². The second-order valence-corrected chi connectivity index (χ2v) is 4.25. The lowest BCUT2D eigenvalue weighted by Gasteiger charge is -2.08. The number of nitrogens with two attached hydrogens (primary N) is 1. The summed E-state index contributed by atoms with van der Waals surface area (Å²) < 4.78 is 0. The summed E-state index contributed by atoms with van der Waals surface area (Å²) in [5, 5.41) is 3.50. The van der Waals surface area contributed by atoms with Crippen LogP contribution in [0.5, 0.6) is 0 Å². The number of nitrogens with one attached hydrogen (secondary N) is 1. The molecule has 0 aliphatic rings. The molecule has 0 heterocycles. The van der Waals surface area contributed by atoms with Gasteiger partial charge in [-0.05, 0) is 44.8 Å². The molecule has 0 saturated carbocycles. The molecule has 0 saturated heterocycles. The van der Waals surface area contributed by atoms with Crippen molar-refractivity contribution in [2.24, 2.45) is 11.7 Å². The SMILES string of the molecule is CCC(C)CCNCCCCCCN. The van der Waals surface area contributed by atoms with E-state index in [1.807, 2.05) is 0 Å². The van der Waals surface area contributed by atoms with E-state index in [9.17, 15) is 0 Å². The standard InChI is InChI=1S/C12H28N2/c1-3-12(2)8-11-14-10-7-5-4-6-9-13/h12,14H,3-11,13H2,1-2H3. The molecule has 0 bridgehead atoms. The van der Waals surface area contributed by atoms with E-state index in [0.29, 0.717) is 0 Å². The van der Waals surface area contributed by atoms with Gasteiger partial charge in [-0.25, -0.2) is 0 Å². The van der Waals surface area contributed by atoms with Crippen LogP contribution in [0, 0.1) is 5.92 Å². The molecule has 0 spiro atoms. The van der Waals surface area contributed by atoms with Crippen LogP contribution in [0.4, 0.5) is 0 Å². The molecule has 0 aliphatic heterocycles. The molecule has 86 valence electrons. The van der Waals surface area contributed by atoms with Gasteiger partial charge in [-0.1, -0.05) is 33.1 Å². The number of hydrogen-bond acceptors (Lipinski definition) is 2. The molecular formula is C12H28N2. The fourth-order valence-electron chi connectivity index (χ4n) is 1.43. The van der Waals surface area contributed by atoms with E-state index >= 15 is 0 Å². The van der Waals surface area contributed by atoms with Crippen LogP contribution in [-0.2, 0) is 0 Å². The quantitative estimate of drug-likeness (QED) is 0.532. The molecule has 2 nitrogen and oxygen atoms in total. The highest BCUT2D eigenvalue weighted by molar-refractivity contribution is 4.54. The van der Waals surface area contributed by atoms with Crippen molar-refractivity contribution in [3.8, 4) is 0 Å². The zero-order valence-corrected chi connectivity index (χ0v) is 10.0. The van der Waals surface area contributed by atoms with Gasteiger partial charge in [0.1, 0.15) is 0 Å². The van der Waals surface area contributed by atoms with E-state index < -0.39 is 0 Å². The fraction of sp³-hybridized carbons (Fsp3) is 1.00. The van der Waals surface area contributed by atoms with Gasteiger partial charge in [0.05, 0.1) is 0 Å². The van der Waals surface area contributed by atoms with Gasteiger partial charge >= 0.3 is 0 Å². The third-order valence-corrected chi connectivity index (χ3v) is 2.82. The Labute approximate surface area is 89.6 Å². The van der Waals surface area contributed by atoms with Crippen molar-refractivity contribution in [1.82, 2.24) is 5.32 Å². The monoisotopic (exact) mass is 200 g/mol. The Kier molecular flexibility index (Phi) is 10.9. The lowest BCUT2D eigenvalue weighted by atomic mass is 10.1.